The Morgan fingerprint density at radius 1 is 1.23 bits per heavy atom. The molecule has 1 heterocycles. The van der Waals surface area contributed by atoms with Crippen LogP contribution in [0.3, 0.4) is 0 Å². The summed E-state index contributed by atoms with van der Waals surface area (Å²) in [7, 11) is 1.37. The van der Waals surface area contributed by atoms with Crippen molar-refractivity contribution in [1.82, 2.24) is 0 Å². The van der Waals surface area contributed by atoms with Crippen molar-refractivity contribution in [2.75, 3.05) is 25.6 Å². The van der Waals surface area contributed by atoms with Crippen LogP contribution < -0.4 is 14.8 Å². The van der Waals surface area contributed by atoms with E-state index in [4.69, 9.17) is 14.2 Å². The Kier molecular flexibility index (Phi) is 4.83. The minimum atomic E-state index is -0.965. The maximum absolute atomic E-state index is 13.8. The number of methoxy groups -OCH3 is 1. The second-order valence-electron chi connectivity index (χ2n) is 5.39. The van der Waals surface area contributed by atoms with E-state index in [9.17, 15) is 18.8 Å². The third-order valence-electron chi connectivity index (χ3n) is 3.66. The molecular weight excluding hydrogens is 345 g/mol. The lowest BCUT2D eigenvalue weighted by atomic mass is 10.1. The number of halogens is 1. The van der Waals surface area contributed by atoms with E-state index >= 15 is 0 Å². The Balaban J connectivity index is 1.66. The fraction of sp³-hybridized carbons (Fsp3) is 0.167. The second-order valence-corrected chi connectivity index (χ2v) is 5.39. The Morgan fingerprint density at radius 3 is 2.77 bits per heavy atom. The van der Waals surface area contributed by atoms with Crippen molar-refractivity contribution in [2.45, 2.75) is 0 Å². The SMILES string of the molecule is COc1ccc(C(=O)OCC(=O)c2ccc3c(c2)NC(=O)CO3)c(F)c1. The highest BCUT2D eigenvalue weighted by molar-refractivity contribution is 6.02. The highest BCUT2D eigenvalue weighted by Gasteiger charge is 2.20. The van der Waals surface area contributed by atoms with E-state index < -0.39 is 24.2 Å². The number of ether oxygens (including phenoxy) is 3. The number of nitrogens with one attached hydrogen (secondary N) is 1. The molecule has 0 fully saturated rings. The molecule has 26 heavy (non-hydrogen) atoms. The fourth-order valence-corrected chi connectivity index (χ4v) is 2.34. The number of rotatable bonds is 5. The Labute approximate surface area is 147 Å². The first-order chi connectivity index (χ1) is 12.5. The zero-order chi connectivity index (χ0) is 18.7. The summed E-state index contributed by atoms with van der Waals surface area (Å²) in [6, 6.07) is 8.12. The number of ketones is 1. The average Bonchev–Trinajstić information content (AvgIpc) is 2.64. The van der Waals surface area contributed by atoms with Gasteiger partial charge in [0, 0.05) is 11.6 Å². The monoisotopic (exact) mass is 359 g/mol. The van der Waals surface area contributed by atoms with E-state index in [1.165, 1.54) is 37.4 Å². The molecule has 2 aromatic rings. The molecule has 8 heteroatoms. The molecule has 0 atom stereocenters. The van der Waals surface area contributed by atoms with Crippen molar-refractivity contribution < 1.29 is 33.0 Å². The van der Waals surface area contributed by atoms with Crippen LogP contribution in [0.1, 0.15) is 20.7 Å². The summed E-state index contributed by atoms with van der Waals surface area (Å²) in [4.78, 5) is 35.5. The molecule has 134 valence electrons. The number of hydrogen-bond acceptors (Lipinski definition) is 6. The molecule has 2 aromatic carbocycles. The largest absolute Gasteiger partial charge is 0.497 e. The lowest BCUT2D eigenvalue weighted by Crippen LogP contribution is -2.25. The van der Waals surface area contributed by atoms with Gasteiger partial charge >= 0.3 is 5.97 Å². The van der Waals surface area contributed by atoms with Gasteiger partial charge in [-0.3, -0.25) is 9.59 Å². The van der Waals surface area contributed by atoms with Gasteiger partial charge in [-0.15, -0.1) is 0 Å². The van der Waals surface area contributed by atoms with Gasteiger partial charge in [0.25, 0.3) is 5.91 Å². The van der Waals surface area contributed by atoms with Crippen molar-refractivity contribution in [2.24, 2.45) is 0 Å². The summed E-state index contributed by atoms with van der Waals surface area (Å²) in [5, 5.41) is 2.58. The molecule has 0 spiro atoms. The van der Waals surface area contributed by atoms with E-state index in [1.54, 1.807) is 0 Å². The molecule has 0 radical (unpaired) electrons. The highest BCUT2D eigenvalue weighted by atomic mass is 19.1. The van der Waals surface area contributed by atoms with Crippen LogP contribution in [-0.2, 0) is 9.53 Å². The summed E-state index contributed by atoms with van der Waals surface area (Å²) < 4.78 is 28.8. The first kappa shape index (κ1) is 17.4. The standard InChI is InChI=1S/C18H14FNO6/c1-24-11-3-4-12(13(19)7-11)18(23)26-8-15(21)10-2-5-16-14(6-10)20-17(22)9-25-16/h2-7H,8-9H2,1H3,(H,20,22). The van der Waals surface area contributed by atoms with Gasteiger partial charge in [0.1, 0.15) is 17.3 Å². The van der Waals surface area contributed by atoms with Gasteiger partial charge in [-0.05, 0) is 30.3 Å². The summed E-state index contributed by atoms with van der Waals surface area (Å²) in [6.07, 6.45) is 0. The molecule has 0 aromatic heterocycles. The normalized spacial score (nSPS) is 12.5. The smallest absolute Gasteiger partial charge is 0.341 e. The van der Waals surface area contributed by atoms with Crippen LogP contribution >= 0.6 is 0 Å². The third-order valence-corrected chi connectivity index (χ3v) is 3.66. The van der Waals surface area contributed by atoms with Crippen molar-refractivity contribution in [3.63, 3.8) is 0 Å². The quantitative estimate of drug-likeness (QED) is 0.650. The molecule has 7 nitrogen and oxygen atoms in total. The highest BCUT2D eigenvalue weighted by Crippen LogP contribution is 2.28. The summed E-state index contributed by atoms with van der Waals surface area (Å²) in [5.41, 5.74) is 0.280. The first-order valence-corrected chi connectivity index (χ1v) is 7.58. The minimum Gasteiger partial charge on any atom is -0.497 e. The predicted molar refractivity (Wildman–Crippen MR) is 88.1 cm³/mol. The van der Waals surface area contributed by atoms with Gasteiger partial charge in [0.05, 0.1) is 18.4 Å². The molecule has 0 saturated carbocycles. The number of benzene rings is 2. The second kappa shape index (κ2) is 7.22. The number of hydrogen-bond donors (Lipinski definition) is 1. The maximum atomic E-state index is 13.8. The molecule has 0 bridgehead atoms. The number of Topliss-reactive ketones (excluding diaryl/α,β-unsaturated/α-hetero) is 1. The van der Waals surface area contributed by atoms with Crippen molar-refractivity contribution in [1.29, 1.82) is 0 Å². The molecule has 1 N–H and O–H groups in total. The molecular formula is C18H14FNO6. The lowest BCUT2D eigenvalue weighted by Gasteiger charge is -2.18. The summed E-state index contributed by atoms with van der Waals surface area (Å²) >= 11 is 0. The molecule has 0 aliphatic carbocycles. The maximum Gasteiger partial charge on any atom is 0.341 e. The number of anilines is 1. The van der Waals surface area contributed by atoms with Crippen LogP contribution in [0.15, 0.2) is 36.4 Å². The summed E-state index contributed by atoms with van der Waals surface area (Å²) in [6.45, 7) is -0.663. The van der Waals surface area contributed by atoms with E-state index in [2.05, 4.69) is 5.32 Å². The van der Waals surface area contributed by atoms with Crippen LogP contribution in [0, 0.1) is 5.82 Å². The Hall–Kier alpha value is -3.42. The van der Waals surface area contributed by atoms with Crippen LogP contribution in [0.5, 0.6) is 11.5 Å². The van der Waals surface area contributed by atoms with Crippen LogP contribution in [-0.4, -0.2) is 38.0 Å². The Bertz CT molecular complexity index is 895. The van der Waals surface area contributed by atoms with Crippen LogP contribution in [0.4, 0.5) is 10.1 Å². The molecule has 1 aliphatic heterocycles. The van der Waals surface area contributed by atoms with Gasteiger partial charge in [0.15, 0.2) is 19.0 Å². The van der Waals surface area contributed by atoms with Crippen molar-refractivity contribution >= 4 is 23.3 Å². The fourth-order valence-electron chi connectivity index (χ4n) is 2.34. The lowest BCUT2D eigenvalue weighted by molar-refractivity contribution is -0.118. The molecule has 0 saturated heterocycles. The van der Waals surface area contributed by atoms with Gasteiger partial charge in [-0.25, -0.2) is 9.18 Å². The molecule has 3 rings (SSSR count). The minimum absolute atomic E-state index is 0.0919. The number of fused-ring (bicyclic) bond motifs is 1. The zero-order valence-corrected chi connectivity index (χ0v) is 13.7. The number of esters is 1. The van der Waals surface area contributed by atoms with Crippen molar-refractivity contribution in [3.05, 3.63) is 53.3 Å². The number of amides is 1. The Morgan fingerprint density at radius 2 is 2.04 bits per heavy atom. The topological polar surface area (TPSA) is 90.9 Å². The number of carbonyl (C=O) groups excluding carboxylic acids is 3. The molecule has 1 amide bonds. The molecule has 0 unspecified atom stereocenters. The summed E-state index contributed by atoms with van der Waals surface area (Å²) in [5.74, 6) is -1.91. The third kappa shape index (κ3) is 3.64. The van der Waals surface area contributed by atoms with E-state index in [1.807, 2.05) is 0 Å². The van der Waals surface area contributed by atoms with Gasteiger partial charge in [0.2, 0.25) is 0 Å². The van der Waals surface area contributed by atoms with E-state index in [0.29, 0.717) is 11.4 Å². The van der Waals surface area contributed by atoms with E-state index in [0.717, 1.165) is 6.07 Å². The average molecular weight is 359 g/mol. The number of carbonyl (C=O) groups is 3. The zero-order valence-electron chi connectivity index (χ0n) is 13.7. The van der Waals surface area contributed by atoms with Crippen molar-refractivity contribution in [3.8, 4) is 11.5 Å². The molecule has 1 aliphatic rings. The first-order valence-electron chi connectivity index (χ1n) is 7.58. The predicted octanol–water partition coefficient (Wildman–Crippen LogP) is 2.20. The van der Waals surface area contributed by atoms with Gasteiger partial charge < -0.3 is 19.5 Å². The van der Waals surface area contributed by atoms with Gasteiger partial charge in [-0.2, -0.15) is 0 Å². The van der Waals surface area contributed by atoms with E-state index in [-0.39, 0.29) is 29.4 Å². The van der Waals surface area contributed by atoms with Crippen LogP contribution in [0.2, 0.25) is 0 Å². The van der Waals surface area contributed by atoms with Gasteiger partial charge in [-0.1, -0.05) is 0 Å². The van der Waals surface area contributed by atoms with Crippen LogP contribution in [0.25, 0.3) is 0 Å².